The summed E-state index contributed by atoms with van der Waals surface area (Å²) in [5.74, 6) is -0.877. The summed E-state index contributed by atoms with van der Waals surface area (Å²) < 4.78 is 18.7. The molecule has 0 radical (unpaired) electrons. The summed E-state index contributed by atoms with van der Waals surface area (Å²) in [5.41, 5.74) is -0.699. The minimum absolute atomic E-state index is 0.121. The molecule has 1 amide bonds. The number of ether oxygens (including phenoxy) is 1. The maximum Gasteiger partial charge on any atom is 0.416 e. The summed E-state index contributed by atoms with van der Waals surface area (Å²) in [6.07, 6.45) is -0.0869. The molecule has 17 heavy (non-hydrogen) atoms. The molecule has 1 unspecified atom stereocenters. The van der Waals surface area contributed by atoms with Crippen molar-refractivity contribution in [1.29, 1.82) is 0 Å². The summed E-state index contributed by atoms with van der Waals surface area (Å²) in [4.78, 5) is 20.1. The predicted octanol–water partition coefficient (Wildman–Crippen LogP) is 2.39. The smallest absolute Gasteiger partial charge is 0.416 e. The molecule has 1 saturated heterocycles. The molecular formula is C10H11ClFN3O2. The maximum absolute atomic E-state index is 13.6. The molecule has 1 fully saturated rings. The van der Waals surface area contributed by atoms with Gasteiger partial charge in [0.1, 0.15) is 6.10 Å². The Labute approximate surface area is 103 Å². The largest absolute Gasteiger partial charge is 0.444 e. The molecule has 0 bridgehead atoms. The molecule has 0 saturated carbocycles. The number of amides is 1. The van der Waals surface area contributed by atoms with Gasteiger partial charge in [-0.1, -0.05) is 0 Å². The first-order chi connectivity index (χ1) is 7.84. The van der Waals surface area contributed by atoms with Gasteiger partial charge < -0.3 is 4.74 Å². The highest BCUT2D eigenvalue weighted by Crippen LogP contribution is 2.35. The van der Waals surface area contributed by atoms with Gasteiger partial charge in [0, 0.05) is 0 Å². The Morgan fingerprint density at radius 3 is 2.76 bits per heavy atom. The van der Waals surface area contributed by atoms with Gasteiger partial charge in [0.25, 0.3) is 0 Å². The Kier molecular flexibility index (Phi) is 2.69. The highest BCUT2D eigenvalue weighted by Gasteiger charge is 2.48. The quantitative estimate of drug-likeness (QED) is 0.727. The zero-order valence-electron chi connectivity index (χ0n) is 9.57. The molecule has 1 aliphatic heterocycles. The topological polar surface area (TPSA) is 55.3 Å². The number of hydrogen-bond donors (Lipinski definition) is 0. The van der Waals surface area contributed by atoms with Crippen LogP contribution >= 0.6 is 11.6 Å². The van der Waals surface area contributed by atoms with E-state index in [4.69, 9.17) is 16.3 Å². The van der Waals surface area contributed by atoms with E-state index in [2.05, 4.69) is 9.97 Å². The molecule has 2 heterocycles. The van der Waals surface area contributed by atoms with Gasteiger partial charge in [0.15, 0.2) is 11.6 Å². The highest BCUT2D eigenvalue weighted by molar-refractivity contribution is 6.28. The lowest BCUT2D eigenvalue weighted by Crippen LogP contribution is -2.46. The molecule has 1 aliphatic rings. The standard InChI is InChI=1S/C10H11ClFN3O2/c1-5-10(2,3)15(9(16)17-5)7-6(12)4-13-8(11)14-7/h4-5H,1-3H3. The van der Waals surface area contributed by atoms with Crippen LogP contribution in [0.15, 0.2) is 6.20 Å². The van der Waals surface area contributed by atoms with Gasteiger partial charge in [0.05, 0.1) is 11.7 Å². The van der Waals surface area contributed by atoms with Gasteiger partial charge in [-0.05, 0) is 32.4 Å². The van der Waals surface area contributed by atoms with Gasteiger partial charge in [-0.15, -0.1) is 0 Å². The van der Waals surface area contributed by atoms with Crippen molar-refractivity contribution in [2.75, 3.05) is 4.90 Å². The number of carbonyl (C=O) groups is 1. The fourth-order valence-corrected chi connectivity index (χ4v) is 1.75. The number of rotatable bonds is 1. The third-order valence-corrected chi connectivity index (χ3v) is 3.12. The van der Waals surface area contributed by atoms with Crippen molar-refractivity contribution in [3.63, 3.8) is 0 Å². The van der Waals surface area contributed by atoms with E-state index < -0.39 is 17.4 Å². The van der Waals surface area contributed by atoms with Crippen molar-refractivity contribution in [3.8, 4) is 0 Å². The minimum atomic E-state index is -0.714. The summed E-state index contributed by atoms with van der Waals surface area (Å²) >= 11 is 5.60. The van der Waals surface area contributed by atoms with Gasteiger partial charge in [-0.25, -0.2) is 19.1 Å². The van der Waals surface area contributed by atoms with Gasteiger partial charge >= 0.3 is 6.09 Å². The average molecular weight is 260 g/mol. The Morgan fingerprint density at radius 2 is 2.24 bits per heavy atom. The lowest BCUT2D eigenvalue weighted by molar-refractivity contribution is 0.129. The van der Waals surface area contributed by atoms with E-state index in [-0.39, 0.29) is 17.2 Å². The summed E-state index contributed by atoms with van der Waals surface area (Å²) in [5, 5.41) is -0.121. The van der Waals surface area contributed by atoms with Crippen LogP contribution in [0.25, 0.3) is 0 Å². The van der Waals surface area contributed by atoms with Crippen molar-refractivity contribution in [2.24, 2.45) is 0 Å². The second-order valence-electron chi connectivity index (χ2n) is 4.33. The normalized spacial score (nSPS) is 22.8. The molecule has 0 aliphatic carbocycles. The van der Waals surface area contributed by atoms with E-state index in [1.807, 2.05) is 0 Å². The van der Waals surface area contributed by atoms with Gasteiger partial charge in [-0.2, -0.15) is 4.98 Å². The zero-order valence-corrected chi connectivity index (χ0v) is 10.3. The lowest BCUT2D eigenvalue weighted by Gasteiger charge is -2.29. The van der Waals surface area contributed by atoms with Gasteiger partial charge in [-0.3, -0.25) is 0 Å². The Balaban J connectivity index is 2.52. The van der Waals surface area contributed by atoms with Crippen LogP contribution in [-0.2, 0) is 4.74 Å². The number of nitrogens with zero attached hydrogens (tertiary/aromatic N) is 3. The number of cyclic esters (lactones) is 1. The third kappa shape index (κ3) is 1.82. The molecule has 1 aromatic heterocycles. The van der Waals surface area contributed by atoms with Crippen molar-refractivity contribution >= 4 is 23.5 Å². The van der Waals surface area contributed by atoms with E-state index in [1.165, 1.54) is 0 Å². The van der Waals surface area contributed by atoms with Crippen LogP contribution in [0.3, 0.4) is 0 Å². The second kappa shape index (κ2) is 3.80. The van der Waals surface area contributed by atoms with Crippen molar-refractivity contribution < 1.29 is 13.9 Å². The first-order valence-electron chi connectivity index (χ1n) is 5.03. The van der Waals surface area contributed by atoms with Crippen molar-refractivity contribution in [2.45, 2.75) is 32.4 Å². The number of carbonyl (C=O) groups excluding carboxylic acids is 1. The van der Waals surface area contributed by atoms with Crippen LogP contribution in [-0.4, -0.2) is 27.7 Å². The van der Waals surface area contributed by atoms with Crippen LogP contribution in [0.1, 0.15) is 20.8 Å². The highest BCUT2D eigenvalue weighted by atomic mass is 35.5. The van der Waals surface area contributed by atoms with E-state index in [1.54, 1.807) is 20.8 Å². The summed E-state index contributed by atoms with van der Waals surface area (Å²) in [6.45, 7) is 5.26. The Bertz CT molecular complexity index is 481. The molecule has 0 spiro atoms. The van der Waals surface area contributed by atoms with Crippen LogP contribution in [0.2, 0.25) is 5.28 Å². The van der Waals surface area contributed by atoms with Crippen molar-refractivity contribution in [3.05, 3.63) is 17.3 Å². The average Bonchev–Trinajstić information content (AvgIpc) is 2.41. The molecule has 5 nitrogen and oxygen atoms in total. The van der Waals surface area contributed by atoms with Crippen LogP contribution < -0.4 is 4.90 Å². The molecular weight excluding hydrogens is 249 g/mol. The maximum atomic E-state index is 13.6. The van der Waals surface area contributed by atoms with Crippen LogP contribution in [0, 0.1) is 5.82 Å². The van der Waals surface area contributed by atoms with E-state index in [0.29, 0.717) is 0 Å². The number of halogens is 2. The molecule has 0 N–H and O–H groups in total. The molecule has 0 aromatic carbocycles. The van der Waals surface area contributed by atoms with E-state index >= 15 is 0 Å². The monoisotopic (exact) mass is 259 g/mol. The first-order valence-corrected chi connectivity index (χ1v) is 5.40. The van der Waals surface area contributed by atoms with Gasteiger partial charge in [0.2, 0.25) is 5.28 Å². The van der Waals surface area contributed by atoms with Crippen LogP contribution in [0.5, 0.6) is 0 Å². The van der Waals surface area contributed by atoms with Crippen LogP contribution in [0.4, 0.5) is 15.0 Å². The fourth-order valence-electron chi connectivity index (χ4n) is 1.62. The number of hydrogen-bond acceptors (Lipinski definition) is 4. The molecule has 1 aromatic rings. The second-order valence-corrected chi connectivity index (χ2v) is 4.66. The number of anilines is 1. The third-order valence-electron chi connectivity index (χ3n) is 2.94. The fraction of sp³-hybridized carbons (Fsp3) is 0.500. The minimum Gasteiger partial charge on any atom is -0.444 e. The SMILES string of the molecule is CC1OC(=O)N(c2nc(Cl)ncc2F)C1(C)C. The number of aromatic nitrogens is 2. The Morgan fingerprint density at radius 1 is 1.59 bits per heavy atom. The summed E-state index contributed by atoms with van der Waals surface area (Å²) in [7, 11) is 0. The molecule has 2 rings (SSSR count). The van der Waals surface area contributed by atoms with E-state index in [9.17, 15) is 9.18 Å². The predicted molar refractivity (Wildman–Crippen MR) is 59.5 cm³/mol. The zero-order chi connectivity index (χ0) is 12.8. The first kappa shape index (κ1) is 12.0. The van der Waals surface area contributed by atoms with Crippen molar-refractivity contribution in [1.82, 2.24) is 9.97 Å². The van der Waals surface area contributed by atoms with E-state index in [0.717, 1.165) is 11.1 Å². The Hall–Kier alpha value is -1.43. The molecule has 92 valence electrons. The molecule has 1 atom stereocenters. The molecule has 7 heteroatoms. The lowest BCUT2D eigenvalue weighted by atomic mass is 9.98. The summed E-state index contributed by atoms with van der Waals surface area (Å²) in [6, 6.07) is 0.